The molecule has 82 valence electrons. The van der Waals surface area contributed by atoms with Gasteiger partial charge in [-0.25, -0.2) is 15.0 Å². The molecule has 2 aromatic rings. The predicted molar refractivity (Wildman–Crippen MR) is 58.9 cm³/mol. The summed E-state index contributed by atoms with van der Waals surface area (Å²) in [7, 11) is 1.57. The summed E-state index contributed by atoms with van der Waals surface area (Å²) in [4.78, 5) is 12.0. The number of pyridine rings is 1. The molecule has 1 atom stereocenters. The summed E-state index contributed by atoms with van der Waals surface area (Å²) in [6.45, 7) is 0. The van der Waals surface area contributed by atoms with E-state index >= 15 is 0 Å². The van der Waals surface area contributed by atoms with Gasteiger partial charge in [0.15, 0.2) is 0 Å². The van der Waals surface area contributed by atoms with E-state index in [9.17, 15) is 0 Å². The summed E-state index contributed by atoms with van der Waals surface area (Å²) < 4.78 is 5.16. The van der Waals surface area contributed by atoms with Gasteiger partial charge in [-0.15, -0.1) is 0 Å². The number of nitrogens with two attached hydrogens (primary N) is 1. The second-order valence-corrected chi connectivity index (χ2v) is 3.25. The predicted octanol–water partition coefficient (Wildman–Crippen LogP) is 0.928. The maximum absolute atomic E-state index is 6.09. The molecule has 2 rings (SSSR count). The van der Waals surface area contributed by atoms with Crippen LogP contribution in [-0.2, 0) is 0 Å². The van der Waals surface area contributed by atoms with Crippen molar-refractivity contribution in [2.75, 3.05) is 7.11 Å². The molecule has 5 nitrogen and oxygen atoms in total. The minimum absolute atomic E-state index is 0.329. The lowest BCUT2D eigenvalue weighted by atomic mass is 10.0. The molecule has 16 heavy (non-hydrogen) atoms. The van der Waals surface area contributed by atoms with E-state index in [4.69, 9.17) is 10.5 Å². The molecule has 2 aromatic heterocycles. The van der Waals surface area contributed by atoms with Crippen LogP contribution in [0.2, 0.25) is 0 Å². The molecule has 0 fully saturated rings. The van der Waals surface area contributed by atoms with Crippen molar-refractivity contribution >= 4 is 0 Å². The summed E-state index contributed by atoms with van der Waals surface area (Å²) >= 11 is 0. The van der Waals surface area contributed by atoms with Crippen molar-refractivity contribution < 1.29 is 4.74 Å². The van der Waals surface area contributed by atoms with Crippen LogP contribution in [0.25, 0.3) is 0 Å². The SMILES string of the molecule is COc1ncccc1C(N)c1cncnc1. The first-order chi connectivity index (χ1) is 7.83. The van der Waals surface area contributed by atoms with Crippen LogP contribution in [-0.4, -0.2) is 22.1 Å². The molecule has 0 saturated heterocycles. The Bertz CT molecular complexity index is 461. The van der Waals surface area contributed by atoms with Gasteiger partial charge in [0.1, 0.15) is 6.33 Å². The topological polar surface area (TPSA) is 73.9 Å². The van der Waals surface area contributed by atoms with Gasteiger partial charge in [-0.2, -0.15) is 0 Å². The van der Waals surface area contributed by atoms with Gasteiger partial charge < -0.3 is 10.5 Å². The fraction of sp³-hybridized carbons (Fsp3) is 0.182. The molecule has 0 saturated carbocycles. The number of nitrogens with zero attached hydrogens (tertiary/aromatic N) is 3. The maximum atomic E-state index is 6.09. The van der Waals surface area contributed by atoms with Crippen molar-refractivity contribution in [3.63, 3.8) is 0 Å². The Balaban J connectivity index is 2.37. The van der Waals surface area contributed by atoms with E-state index in [2.05, 4.69) is 15.0 Å². The second-order valence-electron chi connectivity index (χ2n) is 3.25. The molecule has 1 unspecified atom stereocenters. The van der Waals surface area contributed by atoms with Gasteiger partial charge in [-0.3, -0.25) is 0 Å². The third-order valence-electron chi connectivity index (χ3n) is 2.27. The molecule has 2 heterocycles. The summed E-state index contributed by atoms with van der Waals surface area (Å²) in [5, 5.41) is 0. The minimum Gasteiger partial charge on any atom is -0.481 e. The van der Waals surface area contributed by atoms with E-state index < -0.39 is 0 Å². The fourth-order valence-electron chi connectivity index (χ4n) is 1.46. The monoisotopic (exact) mass is 216 g/mol. The molecular weight excluding hydrogens is 204 g/mol. The standard InChI is InChI=1S/C11H12N4O/c1-16-11-9(3-2-4-15-11)10(12)8-5-13-7-14-6-8/h2-7,10H,12H2,1H3. The number of ether oxygens (including phenoxy) is 1. The van der Waals surface area contributed by atoms with E-state index in [1.807, 2.05) is 12.1 Å². The lowest BCUT2D eigenvalue weighted by Gasteiger charge is -2.13. The number of hydrogen-bond donors (Lipinski definition) is 1. The van der Waals surface area contributed by atoms with Gasteiger partial charge in [0.25, 0.3) is 0 Å². The number of rotatable bonds is 3. The van der Waals surface area contributed by atoms with Crippen LogP contribution in [0.4, 0.5) is 0 Å². The molecular formula is C11H12N4O. The molecule has 0 aliphatic rings. The van der Waals surface area contributed by atoms with Crippen LogP contribution in [0, 0.1) is 0 Å². The van der Waals surface area contributed by atoms with Crippen LogP contribution >= 0.6 is 0 Å². The Hall–Kier alpha value is -2.01. The molecule has 2 N–H and O–H groups in total. The highest BCUT2D eigenvalue weighted by molar-refractivity contribution is 5.34. The average Bonchev–Trinajstić information content (AvgIpc) is 2.39. The first kappa shape index (κ1) is 10.5. The lowest BCUT2D eigenvalue weighted by Crippen LogP contribution is -2.14. The van der Waals surface area contributed by atoms with Gasteiger partial charge in [0.05, 0.1) is 13.2 Å². The normalized spacial score (nSPS) is 12.1. The van der Waals surface area contributed by atoms with E-state index in [1.165, 1.54) is 6.33 Å². The summed E-state index contributed by atoms with van der Waals surface area (Å²) in [5.41, 5.74) is 7.74. The van der Waals surface area contributed by atoms with Crippen molar-refractivity contribution in [3.8, 4) is 5.88 Å². The third-order valence-corrected chi connectivity index (χ3v) is 2.27. The maximum Gasteiger partial charge on any atom is 0.218 e. The quantitative estimate of drug-likeness (QED) is 0.826. The zero-order chi connectivity index (χ0) is 11.4. The van der Waals surface area contributed by atoms with E-state index in [0.717, 1.165) is 11.1 Å². The second kappa shape index (κ2) is 4.67. The van der Waals surface area contributed by atoms with Crippen LogP contribution in [0.1, 0.15) is 17.2 Å². The highest BCUT2D eigenvalue weighted by Gasteiger charge is 2.14. The highest BCUT2D eigenvalue weighted by Crippen LogP contribution is 2.24. The Morgan fingerprint density at radius 2 is 2.06 bits per heavy atom. The van der Waals surface area contributed by atoms with E-state index in [-0.39, 0.29) is 6.04 Å². The van der Waals surface area contributed by atoms with Gasteiger partial charge in [0, 0.05) is 29.7 Å². The Morgan fingerprint density at radius 3 is 2.75 bits per heavy atom. The molecule has 5 heteroatoms. The first-order valence-corrected chi connectivity index (χ1v) is 4.82. The van der Waals surface area contributed by atoms with Crippen molar-refractivity contribution in [3.05, 3.63) is 48.2 Å². The summed E-state index contributed by atoms with van der Waals surface area (Å²) in [6.07, 6.45) is 6.50. The lowest BCUT2D eigenvalue weighted by molar-refractivity contribution is 0.390. The van der Waals surface area contributed by atoms with Gasteiger partial charge in [-0.1, -0.05) is 6.07 Å². The minimum atomic E-state index is -0.329. The highest BCUT2D eigenvalue weighted by atomic mass is 16.5. The smallest absolute Gasteiger partial charge is 0.218 e. The molecule has 0 aliphatic heterocycles. The van der Waals surface area contributed by atoms with E-state index in [0.29, 0.717) is 5.88 Å². The summed E-state index contributed by atoms with van der Waals surface area (Å²) in [6, 6.07) is 3.37. The van der Waals surface area contributed by atoms with Crippen LogP contribution in [0.3, 0.4) is 0 Å². The Morgan fingerprint density at radius 1 is 1.31 bits per heavy atom. The van der Waals surface area contributed by atoms with Crippen molar-refractivity contribution in [2.24, 2.45) is 5.73 Å². The van der Waals surface area contributed by atoms with Crippen molar-refractivity contribution in [2.45, 2.75) is 6.04 Å². The Labute approximate surface area is 93.3 Å². The fourth-order valence-corrected chi connectivity index (χ4v) is 1.46. The number of hydrogen-bond acceptors (Lipinski definition) is 5. The zero-order valence-electron chi connectivity index (χ0n) is 8.87. The molecule has 0 bridgehead atoms. The molecule has 0 amide bonds. The number of aromatic nitrogens is 3. The van der Waals surface area contributed by atoms with Crippen molar-refractivity contribution in [1.29, 1.82) is 0 Å². The van der Waals surface area contributed by atoms with Crippen LogP contribution in [0.5, 0.6) is 5.88 Å². The average molecular weight is 216 g/mol. The zero-order valence-corrected chi connectivity index (χ0v) is 8.87. The van der Waals surface area contributed by atoms with Crippen LogP contribution in [0.15, 0.2) is 37.1 Å². The third kappa shape index (κ3) is 1.99. The van der Waals surface area contributed by atoms with Crippen LogP contribution < -0.4 is 10.5 Å². The first-order valence-electron chi connectivity index (χ1n) is 4.82. The molecule has 0 spiro atoms. The largest absolute Gasteiger partial charge is 0.481 e. The summed E-state index contributed by atoms with van der Waals surface area (Å²) in [5.74, 6) is 0.527. The van der Waals surface area contributed by atoms with E-state index in [1.54, 1.807) is 25.7 Å². The van der Waals surface area contributed by atoms with Crippen molar-refractivity contribution in [1.82, 2.24) is 15.0 Å². The Kier molecular flexibility index (Phi) is 3.07. The number of methoxy groups -OCH3 is 1. The van der Waals surface area contributed by atoms with Gasteiger partial charge in [0.2, 0.25) is 5.88 Å². The van der Waals surface area contributed by atoms with Gasteiger partial charge in [-0.05, 0) is 6.07 Å². The van der Waals surface area contributed by atoms with Gasteiger partial charge >= 0.3 is 0 Å². The molecule has 0 radical (unpaired) electrons. The molecule has 0 aliphatic carbocycles. The molecule has 0 aromatic carbocycles.